The van der Waals surface area contributed by atoms with Crippen LogP contribution in [0.15, 0.2) is 22.7 Å². The van der Waals surface area contributed by atoms with Crippen molar-refractivity contribution in [2.24, 2.45) is 5.73 Å². The molecule has 4 N–H and O–H groups in total. The fourth-order valence-corrected chi connectivity index (χ4v) is 1.87. The summed E-state index contributed by atoms with van der Waals surface area (Å²) in [6, 6.07) is 2.37. The Bertz CT molecular complexity index is 515. The Labute approximate surface area is 115 Å². The first kappa shape index (κ1) is 15.1. The van der Waals surface area contributed by atoms with E-state index in [0.29, 0.717) is 0 Å². The van der Waals surface area contributed by atoms with Gasteiger partial charge in [-0.3, -0.25) is 9.59 Å². The van der Waals surface area contributed by atoms with Crippen LogP contribution in [-0.4, -0.2) is 28.9 Å². The summed E-state index contributed by atoms with van der Waals surface area (Å²) in [6.45, 7) is 0. The van der Waals surface area contributed by atoms with Gasteiger partial charge < -0.3 is 16.2 Å². The molecule has 1 rings (SSSR count). The van der Waals surface area contributed by atoms with Crippen molar-refractivity contribution in [2.75, 3.05) is 0 Å². The van der Waals surface area contributed by atoms with Crippen molar-refractivity contribution in [3.63, 3.8) is 0 Å². The summed E-state index contributed by atoms with van der Waals surface area (Å²) in [7, 11) is 0. The number of hydrogen-bond acceptors (Lipinski definition) is 3. The number of rotatable bonds is 5. The fraction of sp³-hybridized carbons (Fsp3) is 0.182. The molecule has 1 aromatic carbocycles. The topological polar surface area (TPSA) is 109 Å². The SMILES string of the molecule is NC(=O)CC(NC(=O)c1c(F)cccc1Br)C(=O)O. The lowest BCUT2D eigenvalue weighted by molar-refractivity contribution is -0.140. The molecular formula is C11H10BrFN2O4. The first-order valence-electron chi connectivity index (χ1n) is 5.09. The van der Waals surface area contributed by atoms with Crippen molar-refractivity contribution in [2.45, 2.75) is 12.5 Å². The van der Waals surface area contributed by atoms with E-state index in [1.807, 2.05) is 5.32 Å². The third-order valence-electron chi connectivity index (χ3n) is 2.20. The molecule has 0 aliphatic rings. The lowest BCUT2D eigenvalue weighted by Crippen LogP contribution is -2.43. The van der Waals surface area contributed by atoms with Gasteiger partial charge in [0, 0.05) is 4.47 Å². The maximum Gasteiger partial charge on any atom is 0.326 e. The summed E-state index contributed by atoms with van der Waals surface area (Å²) in [5, 5.41) is 10.9. The van der Waals surface area contributed by atoms with Gasteiger partial charge >= 0.3 is 5.97 Å². The smallest absolute Gasteiger partial charge is 0.326 e. The van der Waals surface area contributed by atoms with Crippen LogP contribution in [0.5, 0.6) is 0 Å². The molecule has 0 saturated heterocycles. The molecule has 0 radical (unpaired) electrons. The zero-order valence-corrected chi connectivity index (χ0v) is 11.1. The highest BCUT2D eigenvalue weighted by atomic mass is 79.9. The Morgan fingerprint density at radius 2 is 2.05 bits per heavy atom. The van der Waals surface area contributed by atoms with E-state index in [-0.39, 0.29) is 10.0 Å². The monoisotopic (exact) mass is 332 g/mol. The number of aliphatic carboxylic acids is 1. The number of hydrogen-bond donors (Lipinski definition) is 3. The van der Waals surface area contributed by atoms with E-state index in [1.54, 1.807) is 0 Å². The predicted molar refractivity (Wildman–Crippen MR) is 66.8 cm³/mol. The van der Waals surface area contributed by atoms with E-state index < -0.39 is 36.1 Å². The quantitative estimate of drug-likeness (QED) is 0.735. The zero-order chi connectivity index (χ0) is 14.6. The second kappa shape index (κ2) is 6.28. The molecule has 0 heterocycles. The van der Waals surface area contributed by atoms with Crippen LogP contribution in [0, 0.1) is 5.82 Å². The van der Waals surface area contributed by atoms with Gasteiger partial charge in [0.25, 0.3) is 5.91 Å². The summed E-state index contributed by atoms with van der Waals surface area (Å²) >= 11 is 2.99. The maximum atomic E-state index is 13.5. The Morgan fingerprint density at radius 3 is 2.53 bits per heavy atom. The molecule has 0 bridgehead atoms. The van der Waals surface area contributed by atoms with Crippen molar-refractivity contribution in [3.8, 4) is 0 Å². The number of nitrogens with two attached hydrogens (primary N) is 1. The minimum atomic E-state index is -1.50. The van der Waals surface area contributed by atoms with Gasteiger partial charge in [-0.15, -0.1) is 0 Å². The van der Waals surface area contributed by atoms with Crippen LogP contribution in [0.4, 0.5) is 4.39 Å². The van der Waals surface area contributed by atoms with Gasteiger partial charge in [-0.1, -0.05) is 6.07 Å². The number of carbonyl (C=O) groups is 3. The van der Waals surface area contributed by atoms with Crippen molar-refractivity contribution >= 4 is 33.7 Å². The molecule has 102 valence electrons. The van der Waals surface area contributed by atoms with E-state index in [9.17, 15) is 18.8 Å². The van der Waals surface area contributed by atoms with Gasteiger partial charge in [-0.2, -0.15) is 0 Å². The molecule has 0 aromatic heterocycles. The molecule has 2 amide bonds. The van der Waals surface area contributed by atoms with E-state index in [1.165, 1.54) is 12.1 Å². The second-order valence-corrected chi connectivity index (χ2v) is 4.49. The van der Waals surface area contributed by atoms with Crippen molar-refractivity contribution < 1.29 is 23.9 Å². The molecule has 0 fully saturated rings. The largest absolute Gasteiger partial charge is 0.480 e. The lowest BCUT2D eigenvalue weighted by Gasteiger charge is -2.13. The number of primary amides is 1. The summed E-state index contributed by atoms with van der Waals surface area (Å²) in [4.78, 5) is 33.3. The van der Waals surface area contributed by atoms with E-state index in [0.717, 1.165) is 6.07 Å². The highest BCUT2D eigenvalue weighted by Crippen LogP contribution is 2.19. The second-order valence-electron chi connectivity index (χ2n) is 3.63. The number of benzene rings is 1. The molecule has 0 spiro atoms. The summed E-state index contributed by atoms with van der Waals surface area (Å²) < 4.78 is 13.7. The highest BCUT2D eigenvalue weighted by molar-refractivity contribution is 9.10. The van der Waals surface area contributed by atoms with Crippen LogP contribution in [0.1, 0.15) is 16.8 Å². The standard InChI is InChI=1S/C11H10BrFN2O4/c12-5-2-1-3-6(13)9(5)10(17)15-7(11(18)19)4-8(14)16/h1-3,7H,4H2,(H2,14,16)(H,15,17)(H,18,19). The molecule has 0 aliphatic heterocycles. The number of halogens is 2. The van der Waals surface area contributed by atoms with E-state index in [4.69, 9.17) is 10.8 Å². The Hall–Kier alpha value is -1.96. The molecule has 1 atom stereocenters. The maximum absolute atomic E-state index is 13.5. The van der Waals surface area contributed by atoms with Gasteiger partial charge in [-0.05, 0) is 28.1 Å². The fourth-order valence-electron chi connectivity index (χ4n) is 1.35. The molecule has 19 heavy (non-hydrogen) atoms. The first-order chi connectivity index (χ1) is 8.82. The first-order valence-corrected chi connectivity index (χ1v) is 5.88. The molecule has 8 heteroatoms. The van der Waals surface area contributed by atoms with Crippen molar-refractivity contribution in [1.82, 2.24) is 5.32 Å². The molecule has 0 aliphatic carbocycles. The third kappa shape index (κ3) is 4.02. The Balaban J connectivity index is 2.94. The molecule has 6 nitrogen and oxygen atoms in total. The van der Waals surface area contributed by atoms with Crippen LogP contribution in [-0.2, 0) is 9.59 Å². The van der Waals surface area contributed by atoms with Gasteiger partial charge in [0.05, 0.1) is 12.0 Å². The number of nitrogens with one attached hydrogen (secondary N) is 1. The van der Waals surface area contributed by atoms with Gasteiger partial charge in [0.1, 0.15) is 11.9 Å². The van der Waals surface area contributed by atoms with Crippen LogP contribution in [0.2, 0.25) is 0 Å². The molecular weight excluding hydrogens is 323 g/mol. The molecule has 1 unspecified atom stereocenters. The van der Waals surface area contributed by atoms with E-state index >= 15 is 0 Å². The highest BCUT2D eigenvalue weighted by Gasteiger charge is 2.25. The molecule has 1 aromatic rings. The van der Waals surface area contributed by atoms with Gasteiger partial charge in [0.15, 0.2) is 0 Å². The van der Waals surface area contributed by atoms with E-state index in [2.05, 4.69) is 15.9 Å². The van der Waals surface area contributed by atoms with Crippen LogP contribution in [0.3, 0.4) is 0 Å². The summed E-state index contributed by atoms with van der Waals surface area (Å²) in [6.07, 6.45) is -0.576. The normalized spacial score (nSPS) is 11.7. The number of carboxylic acid groups (broad SMARTS) is 1. The Morgan fingerprint density at radius 1 is 1.42 bits per heavy atom. The molecule has 0 saturated carbocycles. The average molecular weight is 333 g/mol. The van der Waals surface area contributed by atoms with Crippen LogP contribution < -0.4 is 11.1 Å². The Kier molecular flexibility index (Phi) is 4.99. The lowest BCUT2D eigenvalue weighted by atomic mass is 10.1. The minimum Gasteiger partial charge on any atom is -0.480 e. The van der Waals surface area contributed by atoms with Gasteiger partial charge in [-0.25, -0.2) is 9.18 Å². The predicted octanol–water partition coefficient (Wildman–Crippen LogP) is 0.647. The average Bonchev–Trinajstić information content (AvgIpc) is 2.27. The zero-order valence-electron chi connectivity index (χ0n) is 9.52. The van der Waals surface area contributed by atoms with Crippen molar-refractivity contribution in [1.29, 1.82) is 0 Å². The van der Waals surface area contributed by atoms with Crippen LogP contribution in [0.25, 0.3) is 0 Å². The van der Waals surface area contributed by atoms with Gasteiger partial charge in [0.2, 0.25) is 5.91 Å². The summed E-state index contributed by atoms with van der Waals surface area (Å²) in [5.74, 6) is -4.08. The third-order valence-corrected chi connectivity index (χ3v) is 2.86. The minimum absolute atomic E-state index is 0.174. The van der Waals surface area contributed by atoms with Crippen LogP contribution >= 0.6 is 15.9 Å². The van der Waals surface area contributed by atoms with Crippen molar-refractivity contribution in [3.05, 3.63) is 34.1 Å². The number of carboxylic acids is 1. The summed E-state index contributed by atoms with van der Waals surface area (Å²) in [5.41, 5.74) is 4.53. The number of amides is 2. The number of carbonyl (C=O) groups excluding carboxylic acids is 2.